The van der Waals surface area contributed by atoms with Crippen LogP contribution in [0.4, 0.5) is 0 Å². The van der Waals surface area contributed by atoms with Crippen molar-refractivity contribution in [3.63, 3.8) is 0 Å². The van der Waals surface area contributed by atoms with E-state index in [9.17, 15) is 4.79 Å². The van der Waals surface area contributed by atoms with E-state index in [0.717, 1.165) is 6.54 Å². The predicted molar refractivity (Wildman–Crippen MR) is 74.7 cm³/mol. The number of amides is 1. The first-order valence-electron chi connectivity index (χ1n) is 6.59. The largest absolute Gasteiger partial charge is 0.393 e. The summed E-state index contributed by atoms with van der Waals surface area (Å²) in [5.41, 5.74) is 5.62. The molecular weight excluding hydrogens is 232 g/mol. The number of hydrogen-bond acceptors (Lipinski definition) is 2. The molecule has 17 heavy (non-hydrogen) atoms. The van der Waals surface area contributed by atoms with Crippen LogP contribution in [0.15, 0.2) is 0 Å². The van der Waals surface area contributed by atoms with Crippen LogP contribution in [0, 0.1) is 17.8 Å². The van der Waals surface area contributed by atoms with Crippen molar-refractivity contribution in [2.45, 2.75) is 46.0 Å². The highest BCUT2D eigenvalue weighted by molar-refractivity contribution is 7.80. The molecule has 0 radical (unpaired) electrons. The first kappa shape index (κ1) is 14.4. The number of rotatable bonds is 5. The lowest BCUT2D eigenvalue weighted by Crippen LogP contribution is -2.42. The quantitative estimate of drug-likeness (QED) is 0.742. The van der Waals surface area contributed by atoms with Crippen molar-refractivity contribution >= 4 is 23.1 Å². The molecule has 1 fully saturated rings. The number of nitrogens with two attached hydrogens (primary N) is 1. The summed E-state index contributed by atoms with van der Waals surface area (Å²) in [6.45, 7) is 4.73. The van der Waals surface area contributed by atoms with Crippen LogP contribution in [0.1, 0.15) is 46.0 Å². The highest BCUT2D eigenvalue weighted by atomic mass is 32.1. The van der Waals surface area contributed by atoms with Gasteiger partial charge in [0.15, 0.2) is 0 Å². The Morgan fingerprint density at radius 1 is 1.35 bits per heavy atom. The van der Waals surface area contributed by atoms with Gasteiger partial charge in [0.05, 0.1) is 10.9 Å². The smallest absolute Gasteiger partial charge is 0.230 e. The third-order valence-corrected chi connectivity index (χ3v) is 3.80. The molecule has 0 aromatic rings. The van der Waals surface area contributed by atoms with Gasteiger partial charge in [0.25, 0.3) is 0 Å². The van der Waals surface area contributed by atoms with Gasteiger partial charge in [-0.05, 0) is 24.7 Å². The summed E-state index contributed by atoms with van der Waals surface area (Å²) >= 11 is 4.96. The molecule has 1 amide bonds. The van der Waals surface area contributed by atoms with Crippen LogP contribution >= 0.6 is 12.2 Å². The summed E-state index contributed by atoms with van der Waals surface area (Å²) in [6, 6.07) is 0. The van der Waals surface area contributed by atoms with Gasteiger partial charge in [-0.15, -0.1) is 0 Å². The van der Waals surface area contributed by atoms with Gasteiger partial charge >= 0.3 is 0 Å². The third kappa shape index (κ3) is 4.62. The highest BCUT2D eigenvalue weighted by Gasteiger charge is 2.25. The minimum Gasteiger partial charge on any atom is -0.393 e. The SMILES string of the molecule is CC(C)C(C(=O)NCC1CCCCC1)C(N)=S. The lowest BCUT2D eigenvalue weighted by molar-refractivity contribution is -0.124. The fraction of sp³-hybridized carbons (Fsp3) is 0.846. The normalized spacial score (nSPS) is 19.0. The molecule has 0 bridgehead atoms. The Bertz CT molecular complexity index is 273. The van der Waals surface area contributed by atoms with Crippen LogP contribution in [0.2, 0.25) is 0 Å². The van der Waals surface area contributed by atoms with Crippen LogP contribution in [-0.4, -0.2) is 17.4 Å². The molecule has 1 saturated carbocycles. The van der Waals surface area contributed by atoms with E-state index in [0.29, 0.717) is 10.9 Å². The average molecular weight is 256 g/mol. The van der Waals surface area contributed by atoms with Gasteiger partial charge in [0.2, 0.25) is 5.91 Å². The lowest BCUT2D eigenvalue weighted by Gasteiger charge is -2.24. The molecule has 3 nitrogen and oxygen atoms in total. The van der Waals surface area contributed by atoms with Crippen LogP contribution in [0.25, 0.3) is 0 Å². The molecule has 0 aromatic carbocycles. The Morgan fingerprint density at radius 2 is 1.94 bits per heavy atom. The van der Waals surface area contributed by atoms with Gasteiger partial charge in [-0.2, -0.15) is 0 Å². The van der Waals surface area contributed by atoms with Crippen molar-refractivity contribution in [1.29, 1.82) is 0 Å². The van der Waals surface area contributed by atoms with Crippen LogP contribution in [-0.2, 0) is 4.79 Å². The van der Waals surface area contributed by atoms with E-state index in [1.165, 1.54) is 32.1 Å². The molecule has 0 spiro atoms. The molecule has 1 rings (SSSR count). The summed E-state index contributed by atoms with van der Waals surface area (Å²) < 4.78 is 0. The first-order chi connectivity index (χ1) is 8.02. The molecule has 1 atom stereocenters. The third-order valence-electron chi connectivity index (χ3n) is 3.55. The fourth-order valence-electron chi connectivity index (χ4n) is 2.51. The Kier molecular flexibility index (Phi) is 5.89. The number of thiocarbonyl (C=S) groups is 1. The maximum atomic E-state index is 12.0. The minimum atomic E-state index is -0.325. The fourth-order valence-corrected chi connectivity index (χ4v) is 2.89. The second-order valence-corrected chi connectivity index (χ2v) is 5.84. The van der Waals surface area contributed by atoms with Crippen molar-refractivity contribution in [3.05, 3.63) is 0 Å². The number of carbonyl (C=O) groups is 1. The summed E-state index contributed by atoms with van der Waals surface area (Å²) in [5.74, 6) is 0.484. The monoisotopic (exact) mass is 256 g/mol. The molecule has 98 valence electrons. The van der Waals surface area contributed by atoms with Gasteiger partial charge < -0.3 is 11.1 Å². The van der Waals surface area contributed by atoms with E-state index in [1.54, 1.807) is 0 Å². The van der Waals surface area contributed by atoms with E-state index < -0.39 is 0 Å². The first-order valence-corrected chi connectivity index (χ1v) is 7.00. The van der Waals surface area contributed by atoms with Crippen molar-refractivity contribution in [2.24, 2.45) is 23.5 Å². The van der Waals surface area contributed by atoms with Crippen LogP contribution < -0.4 is 11.1 Å². The summed E-state index contributed by atoms with van der Waals surface area (Å²) in [7, 11) is 0. The minimum absolute atomic E-state index is 0.00178. The Morgan fingerprint density at radius 3 is 2.41 bits per heavy atom. The molecule has 0 saturated heterocycles. The summed E-state index contributed by atoms with van der Waals surface area (Å²) in [4.78, 5) is 12.3. The zero-order valence-corrected chi connectivity index (χ0v) is 11.7. The average Bonchev–Trinajstić information content (AvgIpc) is 2.27. The number of hydrogen-bond donors (Lipinski definition) is 2. The van der Waals surface area contributed by atoms with Crippen molar-refractivity contribution in [3.8, 4) is 0 Å². The van der Waals surface area contributed by atoms with E-state index in [2.05, 4.69) is 5.32 Å². The molecule has 4 heteroatoms. The van der Waals surface area contributed by atoms with E-state index in [4.69, 9.17) is 18.0 Å². The molecule has 0 heterocycles. The van der Waals surface area contributed by atoms with Crippen molar-refractivity contribution in [2.75, 3.05) is 6.54 Å². The standard InChI is InChI=1S/C13H24N2OS/c1-9(2)11(12(14)17)13(16)15-8-10-6-4-3-5-7-10/h9-11H,3-8H2,1-2H3,(H2,14,17)(H,15,16). The van der Waals surface area contributed by atoms with Crippen molar-refractivity contribution in [1.82, 2.24) is 5.32 Å². The van der Waals surface area contributed by atoms with Gasteiger partial charge in [-0.1, -0.05) is 45.3 Å². The molecular formula is C13H24N2OS. The molecule has 0 aliphatic heterocycles. The second kappa shape index (κ2) is 6.94. The topological polar surface area (TPSA) is 55.1 Å². The zero-order chi connectivity index (χ0) is 12.8. The summed E-state index contributed by atoms with van der Waals surface area (Å²) in [5, 5.41) is 3.01. The number of nitrogens with one attached hydrogen (secondary N) is 1. The van der Waals surface area contributed by atoms with E-state index in [1.807, 2.05) is 13.8 Å². The molecule has 1 aliphatic carbocycles. The Hall–Kier alpha value is -0.640. The zero-order valence-electron chi connectivity index (χ0n) is 10.9. The maximum Gasteiger partial charge on any atom is 0.230 e. The molecule has 0 aromatic heterocycles. The van der Waals surface area contributed by atoms with Crippen LogP contribution in [0.3, 0.4) is 0 Å². The molecule has 3 N–H and O–H groups in total. The van der Waals surface area contributed by atoms with Crippen molar-refractivity contribution < 1.29 is 4.79 Å². The number of carbonyl (C=O) groups excluding carboxylic acids is 1. The van der Waals surface area contributed by atoms with E-state index >= 15 is 0 Å². The lowest BCUT2D eigenvalue weighted by atomic mass is 9.89. The summed E-state index contributed by atoms with van der Waals surface area (Å²) in [6.07, 6.45) is 6.40. The Balaban J connectivity index is 2.38. The van der Waals surface area contributed by atoms with Gasteiger partial charge in [0.1, 0.15) is 0 Å². The predicted octanol–water partition coefficient (Wildman–Crippen LogP) is 2.24. The second-order valence-electron chi connectivity index (χ2n) is 5.37. The van der Waals surface area contributed by atoms with Crippen LogP contribution in [0.5, 0.6) is 0 Å². The molecule has 1 unspecified atom stereocenters. The highest BCUT2D eigenvalue weighted by Crippen LogP contribution is 2.23. The maximum absolute atomic E-state index is 12.0. The van der Waals surface area contributed by atoms with Gasteiger partial charge in [-0.25, -0.2) is 0 Å². The Labute approximate surface area is 110 Å². The van der Waals surface area contributed by atoms with E-state index in [-0.39, 0.29) is 17.7 Å². The van der Waals surface area contributed by atoms with Gasteiger partial charge in [-0.3, -0.25) is 4.79 Å². The molecule has 1 aliphatic rings. The van der Waals surface area contributed by atoms with Gasteiger partial charge in [0, 0.05) is 6.54 Å².